The van der Waals surface area contributed by atoms with Crippen LogP contribution in [0, 0.1) is 0 Å². The molecule has 3 N–H and O–H groups in total. The fraction of sp³-hybridized carbons (Fsp3) is 0.280. The van der Waals surface area contributed by atoms with Crippen LogP contribution in [0.15, 0.2) is 48.9 Å². The van der Waals surface area contributed by atoms with Crippen LogP contribution in [-0.2, 0) is 10.2 Å². The van der Waals surface area contributed by atoms with Crippen LogP contribution in [0.2, 0.25) is 0 Å². The van der Waals surface area contributed by atoms with E-state index in [2.05, 4.69) is 49.0 Å². The van der Waals surface area contributed by atoms with Crippen molar-refractivity contribution >= 4 is 34.1 Å². The number of ether oxygens (including phenoxy) is 1. The van der Waals surface area contributed by atoms with Crippen LogP contribution in [0.3, 0.4) is 0 Å². The van der Waals surface area contributed by atoms with E-state index in [9.17, 15) is 4.79 Å². The lowest BCUT2D eigenvalue weighted by atomic mass is 9.91. The van der Waals surface area contributed by atoms with Gasteiger partial charge in [0.05, 0.1) is 18.0 Å². The minimum atomic E-state index is -0.515. The molecule has 7 rings (SSSR count). The predicted molar refractivity (Wildman–Crippen MR) is 124 cm³/mol. The second-order valence-corrected chi connectivity index (χ2v) is 9.20. The average molecular weight is 438 g/mol. The molecule has 1 aliphatic heterocycles. The molecule has 3 aliphatic rings. The van der Waals surface area contributed by atoms with Crippen LogP contribution in [0.1, 0.15) is 47.8 Å². The molecule has 8 heteroatoms. The number of nitrogens with zero attached hydrogens (tertiary/aromatic N) is 3. The van der Waals surface area contributed by atoms with E-state index in [0.717, 1.165) is 57.1 Å². The summed E-state index contributed by atoms with van der Waals surface area (Å²) in [6, 6.07) is 12.1. The van der Waals surface area contributed by atoms with Crippen molar-refractivity contribution in [1.29, 1.82) is 0 Å². The summed E-state index contributed by atoms with van der Waals surface area (Å²) in [5, 5.41) is 15.1. The number of rotatable bonds is 5. The molecule has 2 aromatic carbocycles. The van der Waals surface area contributed by atoms with E-state index < -0.39 is 5.41 Å². The molecule has 0 saturated heterocycles. The van der Waals surface area contributed by atoms with E-state index in [4.69, 9.17) is 4.74 Å². The maximum Gasteiger partial charge on any atom is 0.235 e. The quantitative estimate of drug-likeness (QED) is 0.428. The number of anilines is 3. The van der Waals surface area contributed by atoms with E-state index in [1.54, 1.807) is 13.4 Å². The summed E-state index contributed by atoms with van der Waals surface area (Å²) in [5.41, 5.74) is 4.60. The molecule has 4 aromatic rings. The van der Waals surface area contributed by atoms with Crippen molar-refractivity contribution in [2.24, 2.45) is 0 Å². The van der Waals surface area contributed by atoms with Crippen LogP contribution < -0.4 is 15.4 Å². The van der Waals surface area contributed by atoms with E-state index in [0.29, 0.717) is 5.92 Å². The van der Waals surface area contributed by atoms with Gasteiger partial charge >= 0.3 is 0 Å². The third kappa shape index (κ3) is 2.70. The maximum atomic E-state index is 13.0. The Hall–Kier alpha value is -3.94. The standard InChI is InChI=1S/C25H22N6O2/c1-33-15-5-7-20-18(9-15)25(24(32)28-20)10-19(25)14-4-6-16-21(8-14)30-31-23(16)29-22-17(13-2-3-13)11-26-12-27-22/h4-9,11-13,19H,2-3,10H2,1H3,(H,28,32)(H2,26,27,29,30,31)/t19-,25-/m0/s1. The Morgan fingerprint density at radius 3 is 2.91 bits per heavy atom. The Bertz CT molecular complexity index is 1440. The SMILES string of the molecule is COc1ccc2c(c1)[C@]1(C[C@H]1c1ccc3c(Nc4ncncc4C4CC4)n[nH]c3c1)C(=O)N2. The molecule has 0 unspecified atom stereocenters. The zero-order chi connectivity index (χ0) is 22.2. The number of hydrogen-bond acceptors (Lipinski definition) is 6. The summed E-state index contributed by atoms with van der Waals surface area (Å²) < 4.78 is 5.40. The molecule has 2 saturated carbocycles. The van der Waals surface area contributed by atoms with Gasteiger partial charge in [-0.25, -0.2) is 9.97 Å². The topological polar surface area (TPSA) is 105 Å². The largest absolute Gasteiger partial charge is 0.497 e. The first kappa shape index (κ1) is 18.6. The fourth-order valence-electron chi connectivity index (χ4n) is 5.30. The van der Waals surface area contributed by atoms with Gasteiger partial charge in [0.15, 0.2) is 5.82 Å². The number of amides is 1. The van der Waals surface area contributed by atoms with Crippen molar-refractivity contribution in [2.75, 3.05) is 17.7 Å². The Balaban J connectivity index is 1.21. The molecule has 0 bridgehead atoms. The predicted octanol–water partition coefficient (Wildman–Crippen LogP) is 4.36. The van der Waals surface area contributed by atoms with Crippen LogP contribution in [0.4, 0.5) is 17.3 Å². The Morgan fingerprint density at radius 1 is 1.15 bits per heavy atom. The van der Waals surface area contributed by atoms with Crippen molar-refractivity contribution in [3.63, 3.8) is 0 Å². The van der Waals surface area contributed by atoms with Crippen molar-refractivity contribution in [1.82, 2.24) is 20.2 Å². The van der Waals surface area contributed by atoms with E-state index in [-0.39, 0.29) is 11.8 Å². The lowest BCUT2D eigenvalue weighted by molar-refractivity contribution is -0.118. The van der Waals surface area contributed by atoms with Gasteiger partial charge in [0, 0.05) is 28.8 Å². The van der Waals surface area contributed by atoms with Gasteiger partial charge in [0.2, 0.25) is 5.91 Å². The van der Waals surface area contributed by atoms with Crippen molar-refractivity contribution < 1.29 is 9.53 Å². The van der Waals surface area contributed by atoms with Gasteiger partial charge in [0.1, 0.15) is 17.9 Å². The third-order valence-corrected chi connectivity index (χ3v) is 7.31. The summed E-state index contributed by atoms with van der Waals surface area (Å²) in [6.07, 6.45) is 6.60. The molecule has 2 atom stereocenters. The minimum absolute atomic E-state index is 0.0687. The van der Waals surface area contributed by atoms with Gasteiger partial charge < -0.3 is 15.4 Å². The lowest BCUT2D eigenvalue weighted by Gasteiger charge is -2.10. The molecule has 8 nitrogen and oxygen atoms in total. The molecule has 2 aliphatic carbocycles. The minimum Gasteiger partial charge on any atom is -0.497 e. The summed E-state index contributed by atoms with van der Waals surface area (Å²) in [7, 11) is 1.65. The number of methoxy groups -OCH3 is 1. The normalized spacial score (nSPS) is 22.9. The number of aromatic nitrogens is 4. The number of H-pyrrole nitrogens is 1. The number of nitrogens with one attached hydrogen (secondary N) is 3. The van der Waals surface area contributed by atoms with Crippen LogP contribution >= 0.6 is 0 Å². The van der Waals surface area contributed by atoms with Gasteiger partial charge in [0.25, 0.3) is 0 Å². The highest BCUT2D eigenvalue weighted by Gasteiger charge is 2.65. The molecule has 0 radical (unpaired) electrons. The highest BCUT2D eigenvalue weighted by atomic mass is 16.5. The zero-order valence-electron chi connectivity index (χ0n) is 18.1. The molecule has 3 heterocycles. The second-order valence-electron chi connectivity index (χ2n) is 9.20. The smallest absolute Gasteiger partial charge is 0.235 e. The lowest BCUT2D eigenvalue weighted by Crippen LogP contribution is -2.21. The summed E-state index contributed by atoms with van der Waals surface area (Å²) >= 11 is 0. The Morgan fingerprint density at radius 2 is 2.06 bits per heavy atom. The van der Waals surface area contributed by atoms with Gasteiger partial charge in [-0.2, -0.15) is 5.10 Å². The molecule has 2 fully saturated rings. The zero-order valence-corrected chi connectivity index (χ0v) is 18.1. The van der Waals surface area contributed by atoms with Gasteiger partial charge in [-0.05, 0) is 66.6 Å². The third-order valence-electron chi connectivity index (χ3n) is 7.31. The number of benzene rings is 2. The van der Waals surface area contributed by atoms with Crippen LogP contribution in [-0.4, -0.2) is 33.2 Å². The van der Waals surface area contributed by atoms with Crippen LogP contribution in [0.5, 0.6) is 5.75 Å². The van der Waals surface area contributed by atoms with E-state index in [1.807, 2.05) is 24.4 Å². The molecule has 2 aromatic heterocycles. The second kappa shape index (κ2) is 6.54. The molecular formula is C25H22N6O2. The number of carbonyl (C=O) groups excluding carboxylic acids is 1. The maximum absolute atomic E-state index is 13.0. The summed E-state index contributed by atoms with van der Waals surface area (Å²) in [6.45, 7) is 0. The number of hydrogen-bond donors (Lipinski definition) is 3. The first-order valence-electron chi connectivity index (χ1n) is 11.2. The summed E-state index contributed by atoms with van der Waals surface area (Å²) in [4.78, 5) is 21.6. The Labute approximate surface area is 189 Å². The molecule has 164 valence electrons. The van der Waals surface area contributed by atoms with Crippen molar-refractivity contribution in [3.05, 3.63) is 65.6 Å². The van der Waals surface area contributed by atoms with Crippen LogP contribution in [0.25, 0.3) is 10.9 Å². The molecular weight excluding hydrogens is 416 g/mol. The van der Waals surface area contributed by atoms with Gasteiger partial charge in [-0.15, -0.1) is 0 Å². The average Bonchev–Trinajstić information content (AvgIpc) is 3.75. The van der Waals surface area contributed by atoms with E-state index >= 15 is 0 Å². The van der Waals surface area contributed by atoms with Gasteiger partial charge in [-0.3, -0.25) is 9.89 Å². The molecule has 1 amide bonds. The van der Waals surface area contributed by atoms with Crippen molar-refractivity contribution in [2.45, 2.75) is 36.5 Å². The fourth-order valence-corrected chi connectivity index (χ4v) is 5.30. The van der Waals surface area contributed by atoms with E-state index in [1.165, 1.54) is 12.8 Å². The molecule has 1 spiro atoms. The highest BCUT2D eigenvalue weighted by Crippen LogP contribution is 2.65. The first-order valence-corrected chi connectivity index (χ1v) is 11.2. The number of carbonyl (C=O) groups is 1. The first-order chi connectivity index (χ1) is 16.2. The Kier molecular flexibility index (Phi) is 3.69. The summed E-state index contributed by atoms with van der Waals surface area (Å²) in [5.74, 6) is 3.06. The monoisotopic (exact) mass is 438 g/mol. The number of fused-ring (bicyclic) bond motifs is 3. The molecule has 33 heavy (non-hydrogen) atoms. The van der Waals surface area contributed by atoms with Crippen molar-refractivity contribution in [3.8, 4) is 5.75 Å². The number of aromatic amines is 1. The van der Waals surface area contributed by atoms with Gasteiger partial charge in [-0.1, -0.05) is 6.07 Å². The highest BCUT2D eigenvalue weighted by molar-refractivity contribution is 6.10.